The zero-order valence-electron chi connectivity index (χ0n) is 25.5. The number of likely N-dealkylation sites (tertiary alicyclic amines) is 1. The molecule has 1 fully saturated rings. The van der Waals surface area contributed by atoms with Gasteiger partial charge in [-0.1, -0.05) is 41.5 Å². The normalized spacial score (nSPS) is 16.1. The van der Waals surface area contributed by atoms with Crippen molar-refractivity contribution in [3.05, 3.63) is 46.0 Å². The van der Waals surface area contributed by atoms with Gasteiger partial charge in [0.2, 0.25) is 0 Å². The van der Waals surface area contributed by atoms with Crippen LogP contribution >= 0.6 is 11.3 Å². The molecule has 1 aliphatic heterocycles. The van der Waals surface area contributed by atoms with Gasteiger partial charge < -0.3 is 10.5 Å². The molecule has 39 heavy (non-hydrogen) atoms. The molecule has 1 saturated heterocycles. The van der Waals surface area contributed by atoms with E-state index in [1.807, 2.05) is 12.3 Å². The van der Waals surface area contributed by atoms with Crippen molar-refractivity contribution in [2.75, 3.05) is 18.8 Å². The van der Waals surface area contributed by atoms with E-state index in [0.717, 1.165) is 53.5 Å². The maximum atomic E-state index is 6.25. The summed E-state index contributed by atoms with van der Waals surface area (Å²) in [5.41, 5.74) is 11.4. The van der Waals surface area contributed by atoms with Gasteiger partial charge in [-0.2, -0.15) is 0 Å². The molecule has 3 aromatic rings. The highest BCUT2D eigenvalue weighted by molar-refractivity contribution is 7.15. The molecule has 1 aliphatic rings. The Labute approximate surface area is 238 Å². The average molecular weight is 551 g/mol. The van der Waals surface area contributed by atoms with Crippen LogP contribution in [0.4, 0.5) is 5.82 Å². The van der Waals surface area contributed by atoms with Crippen LogP contribution in [-0.4, -0.2) is 43.5 Å². The van der Waals surface area contributed by atoms with Crippen molar-refractivity contribution in [2.45, 2.75) is 111 Å². The Balaban J connectivity index is 1.56. The van der Waals surface area contributed by atoms with Gasteiger partial charge in [-0.25, -0.2) is 15.0 Å². The molecular formula is C31H46N6OS. The maximum absolute atomic E-state index is 6.25. The molecule has 4 rings (SSSR count). The van der Waals surface area contributed by atoms with Gasteiger partial charge >= 0.3 is 0 Å². The van der Waals surface area contributed by atoms with Gasteiger partial charge in [-0.05, 0) is 76.2 Å². The minimum absolute atomic E-state index is 0.0812. The SMILES string of the molecule is Cc1nc(C2CCN(C(C)(C)C)CC2)sc1-c1cnc(N)c(OCc2ccnc(C(C)(C)C)c2C(C)(C)C)n1. The van der Waals surface area contributed by atoms with Crippen LogP contribution in [0.25, 0.3) is 10.6 Å². The third-order valence-corrected chi connectivity index (χ3v) is 8.81. The van der Waals surface area contributed by atoms with Crippen molar-refractivity contribution in [1.82, 2.24) is 24.8 Å². The molecule has 7 nitrogen and oxygen atoms in total. The van der Waals surface area contributed by atoms with E-state index in [2.05, 4.69) is 79.1 Å². The summed E-state index contributed by atoms with van der Waals surface area (Å²) in [5.74, 6) is 1.13. The zero-order valence-corrected chi connectivity index (χ0v) is 26.3. The number of nitrogens with zero attached hydrogens (tertiary/aromatic N) is 5. The first-order chi connectivity index (χ1) is 18.1. The van der Waals surface area contributed by atoms with Crippen LogP contribution in [0.1, 0.15) is 109 Å². The highest BCUT2D eigenvalue weighted by Gasteiger charge is 2.31. The van der Waals surface area contributed by atoms with Crippen LogP contribution in [0, 0.1) is 6.92 Å². The summed E-state index contributed by atoms with van der Waals surface area (Å²) in [6.45, 7) is 24.7. The summed E-state index contributed by atoms with van der Waals surface area (Å²) in [7, 11) is 0. The predicted octanol–water partition coefficient (Wildman–Crippen LogP) is 7.04. The molecule has 0 amide bonds. The molecule has 4 heterocycles. The zero-order chi connectivity index (χ0) is 28.8. The maximum Gasteiger partial charge on any atom is 0.258 e. The van der Waals surface area contributed by atoms with E-state index in [-0.39, 0.29) is 22.2 Å². The number of piperidine rings is 1. The van der Waals surface area contributed by atoms with Gasteiger partial charge in [0.1, 0.15) is 12.3 Å². The first-order valence-corrected chi connectivity index (χ1v) is 14.8. The Morgan fingerprint density at radius 2 is 1.64 bits per heavy atom. The van der Waals surface area contributed by atoms with E-state index in [1.54, 1.807) is 17.5 Å². The van der Waals surface area contributed by atoms with Gasteiger partial charge in [0, 0.05) is 28.8 Å². The number of pyridine rings is 1. The highest BCUT2D eigenvalue weighted by Crippen LogP contribution is 2.39. The minimum Gasteiger partial charge on any atom is -0.470 e. The number of aromatic nitrogens is 4. The molecule has 0 bridgehead atoms. The number of nitrogen functional groups attached to an aromatic ring is 1. The highest BCUT2D eigenvalue weighted by atomic mass is 32.1. The van der Waals surface area contributed by atoms with E-state index in [9.17, 15) is 0 Å². The second-order valence-corrected chi connectivity index (χ2v) is 14.9. The van der Waals surface area contributed by atoms with Crippen molar-refractivity contribution in [1.29, 1.82) is 0 Å². The lowest BCUT2D eigenvalue weighted by Crippen LogP contribution is -2.45. The van der Waals surface area contributed by atoms with Crippen molar-refractivity contribution in [2.24, 2.45) is 0 Å². The van der Waals surface area contributed by atoms with E-state index in [4.69, 9.17) is 25.4 Å². The van der Waals surface area contributed by atoms with Crippen molar-refractivity contribution >= 4 is 17.2 Å². The van der Waals surface area contributed by atoms with Crippen LogP contribution in [-0.2, 0) is 17.4 Å². The van der Waals surface area contributed by atoms with Crippen LogP contribution in [0.15, 0.2) is 18.5 Å². The van der Waals surface area contributed by atoms with Crippen molar-refractivity contribution in [3.63, 3.8) is 0 Å². The monoisotopic (exact) mass is 550 g/mol. The first kappa shape index (κ1) is 29.4. The van der Waals surface area contributed by atoms with Crippen LogP contribution < -0.4 is 10.5 Å². The lowest BCUT2D eigenvalue weighted by molar-refractivity contribution is 0.102. The Morgan fingerprint density at radius 3 is 2.23 bits per heavy atom. The van der Waals surface area contributed by atoms with Crippen molar-refractivity contribution in [3.8, 4) is 16.5 Å². The third kappa shape index (κ3) is 6.60. The lowest BCUT2D eigenvalue weighted by Gasteiger charge is -2.40. The standard InChI is InChI=1S/C31H46N6OS/c1-19-24(39-28(35-19)20-12-15-37(16-13-20)31(8,9)10)22-17-34-26(32)27(36-22)38-18-21-11-14-33-25(30(5,6)7)23(21)29(2,3)4/h11,14,17,20H,12-13,15-16,18H2,1-10H3,(H2,32,34). The quantitative estimate of drug-likeness (QED) is 0.364. The summed E-state index contributed by atoms with van der Waals surface area (Å²) in [5, 5.41) is 1.19. The number of hydrogen-bond acceptors (Lipinski definition) is 8. The Kier molecular flexibility index (Phi) is 8.12. The molecule has 0 saturated carbocycles. The van der Waals surface area contributed by atoms with E-state index < -0.39 is 0 Å². The van der Waals surface area contributed by atoms with Crippen LogP contribution in [0.5, 0.6) is 5.88 Å². The van der Waals surface area contributed by atoms with E-state index in [0.29, 0.717) is 18.4 Å². The lowest BCUT2D eigenvalue weighted by atomic mass is 9.76. The fraction of sp³-hybridized carbons (Fsp3) is 0.613. The number of rotatable bonds is 5. The molecule has 2 N–H and O–H groups in total. The summed E-state index contributed by atoms with van der Waals surface area (Å²) in [4.78, 5) is 22.6. The molecular weight excluding hydrogens is 504 g/mol. The van der Waals surface area contributed by atoms with Gasteiger partial charge in [-0.3, -0.25) is 9.88 Å². The second kappa shape index (κ2) is 10.8. The second-order valence-electron chi connectivity index (χ2n) is 13.8. The van der Waals surface area contributed by atoms with Gasteiger partial charge in [-0.15, -0.1) is 11.3 Å². The van der Waals surface area contributed by atoms with Gasteiger partial charge in [0.05, 0.1) is 21.8 Å². The van der Waals surface area contributed by atoms with Crippen molar-refractivity contribution < 1.29 is 4.74 Å². The predicted molar refractivity (Wildman–Crippen MR) is 162 cm³/mol. The molecule has 212 valence electrons. The molecule has 3 aromatic heterocycles. The molecule has 0 aliphatic carbocycles. The summed E-state index contributed by atoms with van der Waals surface area (Å²) in [6.07, 6.45) is 5.86. The van der Waals surface area contributed by atoms with Crippen LogP contribution in [0.3, 0.4) is 0 Å². The number of nitrogens with two attached hydrogens (primary N) is 1. The first-order valence-electron chi connectivity index (χ1n) is 14.0. The number of ether oxygens (including phenoxy) is 1. The number of thiazole rings is 1. The number of hydrogen-bond donors (Lipinski definition) is 1. The minimum atomic E-state index is -0.0895. The van der Waals surface area contributed by atoms with E-state index in [1.165, 1.54) is 10.6 Å². The Bertz CT molecular complexity index is 1300. The summed E-state index contributed by atoms with van der Waals surface area (Å²) < 4.78 is 6.25. The Morgan fingerprint density at radius 1 is 0.974 bits per heavy atom. The van der Waals surface area contributed by atoms with E-state index >= 15 is 0 Å². The summed E-state index contributed by atoms with van der Waals surface area (Å²) in [6, 6.07) is 2.04. The smallest absolute Gasteiger partial charge is 0.258 e. The fourth-order valence-corrected chi connectivity index (χ4v) is 6.59. The number of aryl methyl sites for hydroxylation is 1. The molecule has 0 atom stereocenters. The molecule has 0 spiro atoms. The average Bonchev–Trinajstić information content (AvgIpc) is 3.23. The molecule has 0 radical (unpaired) electrons. The van der Waals surface area contributed by atoms with Gasteiger partial charge in [0.25, 0.3) is 5.88 Å². The number of anilines is 1. The fourth-order valence-electron chi connectivity index (χ4n) is 5.40. The largest absolute Gasteiger partial charge is 0.470 e. The topological polar surface area (TPSA) is 90.1 Å². The summed E-state index contributed by atoms with van der Waals surface area (Å²) >= 11 is 1.73. The molecule has 0 aromatic carbocycles. The Hall–Kier alpha value is -2.58. The molecule has 0 unspecified atom stereocenters. The third-order valence-electron chi connectivity index (χ3n) is 7.47. The molecule has 8 heteroatoms. The van der Waals surface area contributed by atoms with Gasteiger partial charge in [0.15, 0.2) is 5.82 Å². The van der Waals surface area contributed by atoms with Crippen LogP contribution in [0.2, 0.25) is 0 Å².